The van der Waals surface area contributed by atoms with Crippen LogP contribution in [0.25, 0.3) is 0 Å². The molecular formula is C11H14N2O2S. The molecule has 0 aliphatic carbocycles. The summed E-state index contributed by atoms with van der Waals surface area (Å²) in [6.45, 7) is 1.98. The summed E-state index contributed by atoms with van der Waals surface area (Å²) in [6, 6.07) is 7.01. The Bertz CT molecular complexity index is 378. The molecule has 1 aromatic rings. The molecule has 1 aliphatic rings. The molecular weight excluding hydrogens is 224 g/mol. The van der Waals surface area contributed by atoms with E-state index in [9.17, 15) is 10.1 Å². The minimum Gasteiger partial charge on any atom is -0.315 e. The second-order valence-electron chi connectivity index (χ2n) is 3.79. The molecule has 0 saturated carbocycles. The molecule has 1 N–H and O–H groups in total. The molecule has 5 heteroatoms. The lowest BCUT2D eigenvalue weighted by atomic mass is 10.1. The molecule has 86 valence electrons. The van der Waals surface area contributed by atoms with E-state index in [2.05, 4.69) is 5.32 Å². The van der Waals surface area contributed by atoms with Crippen molar-refractivity contribution in [2.75, 3.05) is 18.8 Å². The van der Waals surface area contributed by atoms with Crippen LogP contribution in [-0.4, -0.2) is 29.0 Å². The van der Waals surface area contributed by atoms with Gasteiger partial charge in [0.1, 0.15) is 0 Å². The number of nitrogens with zero attached hydrogens (tertiary/aromatic N) is 1. The number of nitro groups is 1. The second kappa shape index (κ2) is 5.32. The lowest BCUT2D eigenvalue weighted by Gasteiger charge is -2.22. The minimum atomic E-state index is -0.295. The first-order valence-electron chi connectivity index (χ1n) is 5.32. The van der Waals surface area contributed by atoms with Gasteiger partial charge in [0.15, 0.2) is 0 Å². The van der Waals surface area contributed by atoms with Crippen LogP contribution < -0.4 is 5.32 Å². The van der Waals surface area contributed by atoms with Gasteiger partial charge in [-0.3, -0.25) is 10.1 Å². The number of para-hydroxylation sites is 1. The molecule has 0 aromatic heterocycles. The summed E-state index contributed by atoms with van der Waals surface area (Å²) in [7, 11) is 0. The number of thioether (sulfide) groups is 1. The van der Waals surface area contributed by atoms with Gasteiger partial charge in [-0.05, 0) is 6.42 Å². The van der Waals surface area contributed by atoms with Crippen molar-refractivity contribution in [3.63, 3.8) is 0 Å². The van der Waals surface area contributed by atoms with E-state index >= 15 is 0 Å². The summed E-state index contributed by atoms with van der Waals surface area (Å²) in [5.41, 5.74) is 1.09. The van der Waals surface area contributed by atoms with Crippen LogP contribution in [0.2, 0.25) is 0 Å². The Morgan fingerprint density at radius 1 is 1.50 bits per heavy atom. The molecule has 1 fully saturated rings. The van der Waals surface area contributed by atoms with Crippen LogP contribution in [0.1, 0.15) is 5.56 Å². The lowest BCUT2D eigenvalue weighted by molar-refractivity contribution is -0.385. The fourth-order valence-electron chi connectivity index (χ4n) is 1.86. The SMILES string of the molecule is O=[N+]([O-])c1ccccc1CC1CNCCS1. The zero-order chi connectivity index (χ0) is 11.4. The van der Waals surface area contributed by atoms with Crippen LogP contribution in [0, 0.1) is 10.1 Å². The van der Waals surface area contributed by atoms with Gasteiger partial charge in [-0.2, -0.15) is 11.8 Å². The third kappa shape index (κ3) is 2.74. The van der Waals surface area contributed by atoms with Crippen molar-refractivity contribution in [1.29, 1.82) is 0 Å². The second-order valence-corrected chi connectivity index (χ2v) is 5.20. The molecule has 1 saturated heterocycles. The third-order valence-corrected chi connectivity index (χ3v) is 3.88. The van der Waals surface area contributed by atoms with E-state index < -0.39 is 0 Å². The average molecular weight is 238 g/mol. The van der Waals surface area contributed by atoms with Gasteiger partial charge in [0.05, 0.1) is 4.92 Å². The van der Waals surface area contributed by atoms with Crippen LogP contribution >= 0.6 is 11.8 Å². The Hall–Kier alpha value is -1.07. The molecule has 1 atom stereocenters. The Labute approximate surface area is 98.6 Å². The van der Waals surface area contributed by atoms with E-state index in [0.29, 0.717) is 5.25 Å². The van der Waals surface area contributed by atoms with Gasteiger partial charge in [0.2, 0.25) is 0 Å². The molecule has 0 bridgehead atoms. The lowest BCUT2D eigenvalue weighted by Crippen LogP contribution is -2.33. The smallest absolute Gasteiger partial charge is 0.272 e. The van der Waals surface area contributed by atoms with Crippen molar-refractivity contribution in [2.24, 2.45) is 0 Å². The maximum atomic E-state index is 10.8. The number of benzene rings is 1. The molecule has 2 rings (SSSR count). The number of nitrogens with one attached hydrogen (secondary N) is 1. The zero-order valence-corrected chi connectivity index (χ0v) is 9.70. The molecule has 16 heavy (non-hydrogen) atoms. The van der Waals surface area contributed by atoms with Gasteiger partial charge in [-0.1, -0.05) is 18.2 Å². The van der Waals surface area contributed by atoms with Gasteiger partial charge in [-0.15, -0.1) is 0 Å². The van der Waals surface area contributed by atoms with Crippen molar-refractivity contribution in [3.05, 3.63) is 39.9 Å². The maximum Gasteiger partial charge on any atom is 0.272 e. The van der Waals surface area contributed by atoms with Crippen molar-refractivity contribution in [1.82, 2.24) is 5.32 Å². The van der Waals surface area contributed by atoms with Gasteiger partial charge in [-0.25, -0.2) is 0 Å². The van der Waals surface area contributed by atoms with Crippen LogP contribution in [-0.2, 0) is 6.42 Å². The molecule has 1 aliphatic heterocycles. The number of hydrogen-bond acceptors (Lipinski definition) is 4. The fourth-order valence-corrected chi connectivity index (χ4v) is 2.99. The number of rotatable bonds is 3. The molecule has 1 unspecified atom stereocenters. The molecule has 4 nitrogen and oxygen atoms in total. The Morgan fingerprint density at radius 3 is 3.00 bits per heavy atom. The zero-order valence-electron chi connectivity index (χ0n) is 8.89. The van der Waals surface area contributed by atoms with Crippen molar-refractivity contribution < 1.29 is 4.92 Å². The summed E-state index contributed by atoms with van der Waals surface area (Å²) < 4.78 is 0. The summed E-state index contributed by atoms with van der Waals surface area (Å²) in [6.07, 6.45) is 0.773. The highest BCUT2D eigenvalue weighted by atomic mass is 32.2. The van der Waals surface area contributed by atoms with E-state index in [4.69, 9.17) is 0 Å². The maximum absolute atomic E-state index is 10.8. The molecule has 0 radical (unpaired) electrons. The highest BCUT2D eigenvalue weighted by Gasteiger charge is 2.19. The van der Waals surface area contributed by atoms with Crippen LogP contribution in [0.15, 0.2) is 24.3 Å². The quantitative estimate of drug-likeness (QED) is 0.645. The monoisotopic (exact) mass is 238 g/mol. The van der Waals surface area contributed by atoms with Crippen LogP contribution in [0.4, 0.5) is 5.69 Å². The normalized spacial score (nSPS) is 20.6. The van der Waals surface area contributed by atoms with Crippen molar-refractivity contribution in [2.45, 2.75) is 11.7 Å². The van der Waals surface area contributed by atoms with E-state index in [-0.39, 0.29) is 10.6 Å². The van der Waals surface area contributed by atoms with Gasteiger partial charge < -0.3 is 5.32 Å². The van der Waals surface area contributed by atoms with Crippen molar-refractivity contribution in [3.8, 4) is 0 Å². The topological polar surface area (TPSA) is 55.2 Å². The van der Waals surface area contributed by atoms with E-state index in [1.807, 2.05) is 23.9 Å². The Balaban J connectivity index is 2.10. The fraction of sp³-hybridized carbons (Fsp3) is 0.455. The highest BCUT2D eigenvalue weighted by Crippen LogP contribution is 2.24. The average Bonchev–Trinajstić information content (AvgIpc) is 2.31. The first kappa shape index (κ1) is 11.4. The largest absolute Gasteiger partial charge is 0.315 e. The van der Waals surface area contributed by atoms with E-state index in [0.717, 1.165) is 30.8 Å². The van der Waals surface area contributed by atoms with Gasteiger partial charge in [0, 0.05) is 35.7 Å². The van der Waals surface area contributed by atoms with Gasteiger partial charge >= 0.3 is 0 Å². The number of hydrogen-bond donors (Lipinski definition) is 1. The molecule has 1 heterocycles. The predicted octanol–water partition coefficient (Wildman–Crippen LogP) is 1.84. The van der Waals surface area contributed by atoms with Crippen LogP contribution in [0.3, 0.4) is 0 Å². The Kier molecular flexibility index (Phi) is 3.79. The summed E-state index contributed by atoms with van der Waals surface area (Å²) in [5, 5.41) is 14.6. The highest BCUT2D eigenvalue weighted by molar-refractivity contribution is 8.00. The molecule has 0 amide bonds. The molecule has 1 aromatic carbocycles. The Morgan fingerprint density at radius 2 is 2.31 bits per heavy atom. The first-order valence-corrected chi connectivity index (χ1v) is 6.37. The summed E-state index contributed by atoms with van der Waals surface area (Å²) in [4.78, 5) is 10.6. The van der Waals surface area contributed by atoms with Crippen LogP contribution in [0.5, 0.6) is 0 Å². The first-order chi connectivity index (χ1) is 7.77. The third-order valence-electron chi connectivity index (χ3n) is 2.64. The molecule has 0 spiro atoms. The standard InChI is InChI=1S/C11H14N2O2S/c14-13(15)11-4-2-1-3-9(11)7-10-8-12-5-6-16-10/h1-4,10,12H,5-8H2. The number of nitro benzene ring substituents is 1. The van der Waals surface area contributed by atoms with Gasteiger partial charge in [0.25, 0.3) is 5.69 Å². The predicted molar refractivity (Wildman–Crippen MR) is 65.9 cm³/mol. The summed E-state index contributed by atoms with van der Waals surface area (Å²) >= 11 is 1.89. The van der Waals surface area contributed by atoms with E-state index in [1.54, 1.807) is 12.1 Å². The van der Waals surface area contributed by atoms with Crippen molar-refractivity contribution >= 4 is 17.4 Å². The minimum absolute atomic E-state index is 0.244. The summed E-state index contributed by atoms with van der Waals surface area (Å²) in [5.74, 6) is 1.09. The van der Waals surface area contributed by atoms with E-state index in [1.165, 1.54) is 0 Å².